The van der Waals surface area contributed by atoms with Gasteiger partial charge in [0.25, 0.3) is 5.91 Å². The molecule has 0 aromatic heterocycles. The number of ether oxygens (including phenoxy) is 1. The molecule has 0 spiro atoms. The van der Waals surface area contributed by atoms with Crippen LogP contribution in [0, 0.1) is 0 Å². The minimum atomic E-state index is -4.79. The fraction of sp³-hybridized carbons (Fsp3) is 0.296. The third kappa shape index (κ3) is 6.28. The van der Waals surface area contributed by atoms with Crippen molar-refractivity contribution in [2.24, 2.45) is 0 Å². The zero-order valence-electron chi connectivity index (χ0n) is 19.0. The van der Waals surface area contributed by atoms with Crippen LogP contribution in [0.15, 0.2) is 91.0 Å². The molecule has 3 aromatic carbocycles. The van der Waals surface area contributed by atoms with Crippen LogP contribution in [0.4, 0.5) is 13.2 Å². The lowest BCUT2D eigenvalue weighted by atomic mass is 10.1. The first kappa shape index (κ1) is 24.9. The minimum absolute atomic E-state index is 0.134. The molecule has 0 unspecified atom stereocenters. The van der Waals surface area contributed by atoms with Crippen molar-refractivity contribution in [3.05, 3.63) is 108 Å². The number of benzene rings is 3. The van der Waals surface area contributed by atoms with Crippen molar-refractivity contribution in [1.82, 2.24) is 9.80 Å². The quantitative estimate of drug-likeness (QED) is 0.510. The van der Waals surface area contributed by atoms with E-state index in [4.69, 9.17) is 4.74 Å². The largest absolute Gasteiger partial charge is 0.433 e. The number of amides is 1. The van der Waals surface area contributed by atoms with Crippen LogP contribution in [0.2, 0.25) is 0 Å². The summed E-state index contributed by atoms with van der Waals surface area (Å²) in [6.45, 7) is 0.401. The van der Waals surface area contributed by atoms with Crippen LogP contribution in [0.5, 0.6) is 0 Å². The van der Waals surface area contributed by atoms with Gasteiger partial charge in [-0.1, -0.05) is 91.0 Å². The molecule has 0 radical (unpaired) electrons. The van der Waals surface area contributed by atoms with Gasteiger partial charge < -0.3 is 9.84 Å². The maximum Gasteiger partial charge on any atom is 0.433 e. The Bertz CT molecular complexity index is 1040. The van der Waals surface area contributed by atoms with E-state index in [2.05, 4.69) is 0 Å². The van der Waals surface area contributed by atoms with Crippen molar-refractivity contribution < 1.29 is 27.8 Å². The highest BCUT2D eigenvalue weighted by Crippen LogP contribution is 2.38. The molecule has 0 aliphatic carbocycles. The van der Waals surface area contributed by atoms with E-state index in [1.165, 1.54) is 0 Å². The van der Waals surface area contributed by atoms with Gasteiger partial charge in [0, 0.05) is 19.6 Å². The Morgan fingerprint density at radius 2 is 1.40 bits per heavy atom. The maximum atomic E-state index is 13.8. The summed E-state index contributed by atoms with van der Waals surface area (Å²) < 4.78 is 46.3. The lowest BCUT2D eigenvalue weighted by molar-refractivity contribution is -0.241. The number of nitrogens with zero attached hydrogens (tertiary/aromatic N) is 2. The van der Waals surface area contributed by atoms with Gasteiger partial charge in [0.2, 0.25) is 6.23 Å². The zero-order valence-corrected chi connectivity index (χ0v) is 19.0. The highest BCUT2D eigenvalue weighted by Gasteiger charge is 2.54. The number of hydrogen-bond acceptors (Lipinski definition) is 4. The van der Waals surface area contributed by atoms with Crippen LogP contribution >= 0.6 is 0 Å². The summed E-state index contributed by atoms with van der Waals surface area (Å²) in [6, 6.07) is 26.5. The zero-order chi connectivity index (χ0) is 24.8. The third-order valence-electron chi connectivity index (χ3n) is 5.93. The Kier molecular flexibility index (Phi) is 7.85. The van der Waals surface area contributed by atoms with Gasteiger partial charge in [-0.05, 0) is 16.7 Å². The molecule has 3 atom stereocenters. The average molecular weight is 485 g/mol. The molecule has 1 aliphatic heterocycles. The number of aliphatic hydroxyl groups is 1. The minimum Gasteiger partial charge on any atom is -0.382 e. The summed E-state index contributed by atoms with van der Waals surface area (Å²) >= 11 is 0. The van der Waals surface area contributed by atoms with Gasteiger partial charge in [-0.2, -0.15) is 13.2 Å². The molecule has 5 nitrogen and oxygen atoms in total. The Balaban J connectivity index is 1.56. The van der Waals surface area contributed by atoms with Gasteiger partial charge in [-0.15, -0.1) is 0 Å². The molecule has 4 rings (SSSR count). The molecule has 1 heterocycles. The Labute approximate surface area is 202 Å². The fourth-order valence-electron chi connectivity index (χ4n) is 4.32. The van der Waals surface area contributed by atoms with Gasteiger partial charge in [0.15, 0.2) is 0 Å². The molecule has 0 bridgehead atoms. The van der Waals surface area contributed by atoms with E-state index in [0.29, 0.717) is 23.6 Å². The lowest BCUT2D eigenvalue weighted by Crippen LogP contribution is -2.52. The van der Waals surface area contributed by atoms with Crippen molar-refractivity contribution in [2.75, 3.05) is 13.2 Å². The number of rotatable bonds is 8. The number of alkyl halides is 3. The third-order valence-corrected chi connectivity index (χ3v) is 5.93. The van der Waals surface area contributed by atoms with Crippen LogP contribution in [0.3, 0.4) is 0 Å². The molecule has 1 aliphatic rings. The highest BCUT2D eigenvalue weighted by molar-refractivity contribution is 5.82. The average Bonchev–Trinajstić information content (AvgIpc) is 3.31. The SMILES string of the molecule is O=C([C@H](O)CN(Cc1ccccc1)Cc1ccccc1)N1[C@H](C(F)(F)F)OC[C@H]1c1ccccc1. The Hall–Kier alpha value is -3.20. The molecule has 1 amide bonds. The standard InChI is InChI=1S/C27H27F3N2O3/c28-27(29,30)26-32(23(19-35-26)22-14-8-3-9-15-22)25(34)24(33)18-31(16-20-10-4-1-5-11-20)17-21-12-6-2-7-13-21/h1-15,23-24,26,33H,16-19H2/t23-,24+,26-/m0/s1. The normalized spacial score (nSPS) is 19.2. The van der Waals surface area contributed by atoms with Gasteiger partial charge in [0.05, 0.1) is 12.6 Å². The molecule has 35 heavy (non-hydrogen) atoms. The monoisotopic (exact) mass is 484 g/mol. The molecular formula is C27H27F3N2O3. The van der Waals surface area contributed by atoms with Gasteiger partial charge in [-0.3, -0.25) is 14.6 Å². The second kappa shape index (κ2) is 11.0. The summed E-state index contributed by atoms with van der Waals surface area (Å²) in [5.74, 6) is -1.01. The van der Waals surface area contributed by atoms with Crippen molar-refractivity contribution >= 4 is 5.91 Å². The van der Waals surface area contributed by atoms with E-state index in [1.807, 2.05) is 65.6 Å². The number of aliphatic hydroxyl groups excluding tert-OH is 1. The molecule has 184 valence electrons. The molecule has 3 aromatic rings. The summed E-state index contributed by atoms with van der Waals surface area (Å²) in [4.78, 5) is 15.8. The first-order valence-corrected chi connectivity index (χ1v) is 11.4. The molecule has 1 saturated heterocycles. The van der Waals surface area contributed by atoms with Crippen LogP contribution in [0.1, 0.15) is 22.7 Å². The topological polar surface area (TPSA) is 53.0 Å². The fourth-order valence-corrected chi connectivity index (χ4v) is 4.32. The van der Waals surface area contributed by atoms with Crippen molar-refractivity contribution in [2.45, 2.75) is 37.6 Å². The van der Waals surface area contributed by atoms with Crippen LogP contribution in [-0.4, -0.2) is 52.5 Å². The maximum absolute atomic E-state index is 13.8. The van der Waals surface area contributed by atoms with Gasteiger partial charge in [0.1, 0.15) is 6.10 Å². The predicted octanol–water partition coefficient (Wildman–Crippen LogP) is 4.54. The number of hydrogen-bond donors (Lipinski definition) is 1. The molecule has 0 saturated carbocycles. The highest BCUT2D eigenvalue weighted by atomic mass is 19.4. The van der Waals surface area contributed by atoms with Gasteiger partial charge >= 0.3 is 6.18 Å². The molecule has 8 heteroatoms. The molecule has 1 fully saturated rings. The van der Waals surface area contributed by atoms with Crippen molar-refractivity contribution in [3.8, 4) is 0 Å². The number of carbonyl (C=O) groups is 1. The Morgan fingerprint density at radius 3 is 1.89 bits per heavy atom. The summed E-state index contributed by atoms with van der Waals surface area (Å²) in [6.07, 6.45) is -8.86. The van der Waals surface area contributed by atoms with E-state index in [-0.39, 0.29) is 13.2 Å². The number of carbonyl (C=O) groups excluding carboxylic acids is 1. The smallest absolute Gasteiger partial charge is 0.382 e. The summed E-state index contributed by atoms with van der Waals surface area (Å²) in [5, 5.41) is 10.9. The van der Waals surface area contributed by atoms with Gasteiger partial charge in [-0.25, -0.2) is 0 Å². The summed E-state index contributed by atoms with van der Waals surface area (Å²) in [7, 11) is 0. The first-order valence-electron chi connectivity index (χ1n) is 11.4. The van der Waals surface area contributed by atoms with E-state index in [9.17, 15) is 23.1 Å². The molecule has 1 N–H and O–H groups in total. The van der Waals surface area contributed by atoms with Crippen LogP contribution in [-0.2, 0) is 22.6 Å². The van der Waals surface area contributed by atoms with Crippen LogP contribution < -0.4 is 0 Å². The Morgan fingerprint density at radius 1 is 0.914 bits per heavy atom. The second-order valence-electron chi connectivity index (χ2n) is 8.56. The lowest BCUT2D eigenvalue weighted by Gasteiger charge is -2.33. The molecular weight excluding hydrogens is 457 g/mol. The van der Waals surface area contributed by atoms with E-state index < -0.39 is 30.5 Å². The summed E-state index contributed by atoms with van der Waals surface area (Å²) in [5.41, 5.74) is 2.44. The first-order chi connectivity index (χ1) is 16.8. The predicted molar refractivity (Wildman–Crippen MR) is 125 cm³/mol. The van der Waals surface area contributed by atoms with Crippen molar-refractivity contribution in [1.29, 1.82) is 0 Å². The van der Waals surface area contributed by atoms with E-state index in [1.54, 1.807) is 30.3 Å². The van der Waals surface area contributed by atoms with Crippen LogP contribution in [0.25, 0.3) is 0 Å². The van der Waals surface area contributed by atoms with E-state index >= 15 is 0 Å². The number of halogens is 3. The van der Waals surface area contributed by atoms with Crippen molar-refractivity contribution in [3.63, 3.8) is 0 Å². The van der Waals surface area contributed by atoms with E-state index in [0.717, 1.165) is 11.1 Å². The second-order valence-corrected chi connectivity index (χ2v) is 8.56.